The molecular weight excluding hydrogens is 317 g/mol. The van der Waals surface area contributed by atoms with Gasteiger partial charge in [-0.3, -0.25) is 4.79 Å². The summed E-state index contributed by atoms with van der Waals surface area (Å²) in [7, 11) is 2.70. The minimum absolute atomic E-state index is 0.217. The predicted octanol–water partition coefficient (Wildman–Crippen LogP) is 2.64. The highest BCUT2D eigenvalue weighted by atomic mass is 19.1. The van der Waals surface area contributed by atoms with Gasteiger partial charge in [0.05, 0.1) is 19.8 Å². The number of nitrogens with one attached hydrogen (secondary N) is 1. The fraction of sp³-hybridized carbons (Fsp3) is 0.176. The Morgan fingerprint density at radius 3 is 2.54 bits per heavy atom. The van der Waals surface area contributed by atoms with E-state index in [2.05, 4.69) is 10.1 Å². The Bertz CT molecular complexity index is 748. The minimum Gasteiger partial charge on any atom is -0.493 e. The zero-order chi connectivity index (χ0) is 17.5. The Hall–Kier alpha value is -3.09. The molecule has 0 saturated carbocycles. The highest BCUT2D eigenvalue weighted by Crippen LogP contribution is 2.28. The van der Waals surface area contributed by atoms with Gasteiger partial charge in [-0.15, -0.1) is 0 Å². The molecular formula is C17H16FNO5. The molecule has 0 aromatic heterocycles. The highest BCUT2D eigenvalue weighted by molar-refractivity contribution is 5.92. The summed E-state index contributed by atoms with van der Waals surface area (Å²) in [4.78, 5) is 23.4. The van der Waals surface area contributed by atoms with Crippen LogP contribution >= 0.6 is 0 Å². The third kappa shape index (κ3) is 4.45. The van der Waals surface area contributed by atoms with Gasteiger partial charge in [0, 0.05) is 5.69 Å². The first-order chi connectivity index (χ1) is 11.5. The van der Waals surface area contributed by atoms with E-state index in [9.17, 15) is 14.0 Å². The molecule has 2 rings (SSSR count). The quantitative estimate of drug-likeness (QED) is 0.823. The zero-order valence-corrected chi connectivity index (χ0v) is 13.2. The van der Waals surface area contributed by atoms with Crippen LogP contribution in [-0.2, 0) is 9.53 Å². The zero-order valence-electron chi connectivity index (χ0n) is 13.2. The van der Waals surface area contributed by atoms with Gasteiger partial charge in [-0.1, -0.05) is 6.07 Å². The standard InChI is InChI=1S/C17H16FNO5/c1-22-14-7-6-11(17(21)23-2)8-15(14)24-10-16(20)19-13-5-3-4-12(18)9-13/h3-9H,10H2,1-2H3,(H,19,20). The van der Waals surface area contributed by atoms with Crippen LogP contribution in [0.4, 0.5) is 10.1 Å². The number of benzene rings is 2. The summed E-state index contributed by atoms with van der Waals surface area (Å²) in [6, 6.07) is 9.97. The first-order valence-corrected chi connectivity index (χ1v) is 6.98. The maximum atomic E-state index is 13.1. The summed E-state index contributed by atoms with van der Waals surface area (Å²) in [5, 5.41) is 2.50. The molecule has 7 heteroatoms. The van der Waals surface area contributed by atoms with Crippen LogP contribution in [0.5, 0.6) is 11.5 Å². The second-order valence-electron chi connectivity index (χ2n) is 4.70. The molecule has 0 bridgehead atoms. The van der Waals surface area contributed by atoms with Crippen molar-refractivity contribution in [1.82, 2.24) is 0 Å². The molecule has 6 nitrogen and oxygen atoms in total. The van der Waals surface area contributed by atoms with Gasteiger partial charge in [0.15, 0.2) is 18.1 Å². The molecule has 0 spiro atoms. The van der Waals surface area contributed by atoms with E-state index in [0.29, 0.717) is 11.4 Å². The Labute approximate surface area is 138 Å². The minimum atomic E-state index is -0.535. The summed E-state index contributed by atoms with van der Waals surface area (Å²) in [5.41, 5.74) is 0.581. The van der Waals surface area contributed by atoms with Crippen LogP contribution < -0.4 is 14.8 Å². The number of rotatable bonds is 6. The number of hydrogen-bond acceptors (Lipinski definition) is 5. The molecule has 2 aromatic carbocycles. The average molecular weight is 333 g/mol. The van der Waals surface area contributed by atoms with E-state index in [1.165, 1.54) is 50.6 Å². The lowest BCUT2D eigenvalue weighted by molar-refractivity contribution is -0.118. The smallest absolute Gasteiger partial charge is 0.337 e. The van der Waals surface area contributed by atoms with Crippen molar-refractivity contribution in [2.24, 2.45) is 0 Å². The average Bonchev–Trinajstić information content (AvgIpc) is 2.59. The van der Waals surface area contributed by atoms with Crippen molar-refractivity contribution in [1.29, 1.82) is 0 Å². The molecule has 0 saturated heterocycles. The fourth-order valence-electron chi connectivity index (χ4n) is 1.94. The molecule has 0 aliphatic heterocycles. The second kappa shape index (κ2) is 7.96. The molecule has 0 heterocycles. The van der Waals surface area contributed by atoms with E-state index in [4.69, 9.17) is 9.47 Å². The molecule has 0 aliphatic rings. The van der Waals surface area contributed by atoms with E-state index < -0.39 is 17.7 Å². The normalized spacial score (nSPS) is 9.96. The van der Waals surface area contributed by atoms with Crippen molar-refractivity contribution in [2.75, 3.05) is 26.1 Å². The van der Waals surface area contributed by atoms with Crippen LogP contribution in [0.15, 0.2) is 42.5 Å². The number of anilines is 1. The van der Waals surface area contributed by atoms with Crippen molar-refractivity contribution in [3.63, 3.8) is 0 Å². The van der Waals surface area contributed by atoms with Crippen LogP contribution in [0.25, 0.3) is 0 Å². The van der Waals surface area contributed by atoms with Gasteiger partial charge in [0.2, 0.25) is 0 Å². The number of esters is 1. The van der Waals surface area contributed by atoms with Crippen molar-refractivity contribution < 1.29 is 28.2 Å². The maximum Gasteiger partial charge on any atom is 0.337 e. The van der Waals surface area contributed by atoms with Gasteiger partial charge in [-0.25, -0.2) is 9.18 Å². The van der Waals surface area contributed by atoms with Gasteiger partial charge in [-0.2, -0.15) is 0 Å². The molecule has 24 heavy (non-hydrogen) atoms. The Balaban J connectivity index is 2.04. The van der Waals surface area contributed by atoms with Crippen LogP contribution in [-0.4, -0.2) is 32.7 Å². The van der Waals surface area contributed by atoms with Crippen molar-refractivity contribution in [3.05, 3.63) is 53.8 Å². The lowest BCUT2D eigenvalue weighted by Crippen LogP contribution is -2.20. The van der Waals surface area contributed by atoms with Crippen LogP contribution in [0.2, 0.25) is 0 Å². The van der Waals surface area contributed by atoms with E-state index in [-0.39, 0.29) is 17.9 Å². The number of carbonyl (C=O) groups excluding carboxylic acids is 2. The van der Waals surface area contributed by atoms with Gasteiger partial charge < -0.3 is 19.5 Å². The molecule has 126 valence electrons. The predicted molar refractivity (Wildman–Crippen MR) is 84.9 cm³/mol. The summed E-state index contributed by atoms with van der Waals surface area (Å²) in [6.07, 6.45) is 0. The number of ether oxygens (including phenoxy) is 3. The lowest BCUT2D eigenvalue weighted by atomic mass is 10.2. The number of carbonyl (C=O) groups is 2. The van der Waals surface area contributed by atoms with E-state index in [1.807, 2.05) is 0 Å². The first-order valence-electron chi connectivity index (χ1n) is 6.98. The second-order valence-corrected chi connectivity index (χ2v) is 4.70. The molecule has 0 unspecified atom stereocenters. The molecule has 0 fully saturated rings. The van der Waals surface area contributed by atoms with Gasteiger partial charge in [0.25, 0.3) is 5.91 Å². The molecule has 0 atom stereocenters. The third-order valence-corrected chi connectivity index (χ3v) is 3.05. The van der Waals surface area contributed by atoms with Crippen molar-refractivity contribution in [3.8, 4) is 11.5 Å². The van der Waals surface area contributed by atoms with E-state index in [0.717, 1.165) is 0 Å². The molecule has 0 radical (unpaired) electrons. The van der Waals surface area contributed by atoms with Gasteiger partial charge in [-0.05, 0) is 36.4 Å². The van der Waals surface area contributed by atoms with Crippen molar-refractivity contribution in [2.45, 2.75) is 0 Å². The summed E-state index contributed by atoms with van der Waals surface area (Å²) in [6.45, 7) is -0.336. The van der Waals surface area contributed by atoms with Crippen LogP contribution in [0, 0.1) is 5.82 Å². The number of hydrogen-bond donors (Lipinski definition) is 1. The fourth-order valence-corrected chi connectivity index (χ4v) is 1.94. The van der Waals surface area contributed by atoms with Gasteiger partial charge >= 0.3 is 5.97 Å². The number of halogens is 1. The van der Waals surface area contributed by atoms with Crippen molar-refractivity contribution >= 4 is 17.6 Å². The Kier molecular flexibility index (Phi) is 5.73. The highest BCUT2D eigenvalue weighted by Gasteiger charge is 2.13. The van der Waals surface area contributed by atoms with Crippen LogP contribution in [0.1, 0.15) is 10.4 Å². The van der Waals surface area contributed by atoms with E-state index in [1.54, 1.807) is 6.07 Å². The lowest BCUT2D eigenvalue weighted by Gasteiger charge is -2.12. The molecule has 2 aromatic rings. The first kappa shape index (κ1) is 17.3. The monoisotopic (exact) mass is 333 g/mol. The topological polar surface area (TPSA) is 73.9 Å². The SMILES string of the molecule is COC(=O)c1ccc(OC)c(OCC(=O)Nc2cccc(F)c2)c1. The number of methoxy groups -OCH3 is 2. The summed E-state index contributed by atoms with van der Waals surface area (Å²) in [5.74, 6) is -0.894. The maximum absolute atomic E-state index is 13.1. The molecule has 1 N–H and O–H groups in total. The summed E-state index contributed by atoms with van der Waals surface area (Å²) >= 11 is 0. The molecule has 1 amide bonds. The largest absolute Gasteiger partial charge is 0.493 e. The Morgan fingerprint density at radius 1 is 1.08 bits per heavy atom. The van der Waals surface area contributed by atoms with Gasteiger partial charge in [0.1, 0.15) is 5.82 Å². The summed E-state index contributed by atoms with van der Waals surface area (Å²) < 4.78 is 28.2. The Morgan fingerprint density at radius 2 is 1.88 bits per heavy atom. The molecule has 0 aliphatic carbocycles. The van der Waals surface area contributed by atoms with E-state index >= 15 is 0 Å². The number of amides is 1. The third-order valence-electron chi connectivity index (χ3n) is 3.05. The van der Waals surface area contributed by atoms with Crippen LogP contribution in [0.3, 0.4) is 0 Å².